The fraction of sp³-hybridized carbons (Fsp3) is 0.641. The summed E-state index contributed by atoms with van der Waals surface area (Å²) in [5.41, 5.74) is 4.08. The molecule has 0 aromatic carbocycles. The van der Waals surface area contributed by atoms with Gasteiger partial charge in [0.25, 0.3) is 15.6 Å². The predicted molar refractivity (Wildman–Crippen MR) is 237 cm³/mol. The molecule has 0 bridgehead atoms. The highest BCUT2D eigenvalue weighted by Crippen LogP contribution is 2.56. The number of hydrogen-bond donors (Lipinski definition) is 5. The second-order valence-electron chi connectivity index (χ2n) is 15.9. The van der Waals surface area contributed by atoms with Crippen LogP contribution in [0.15, 0.2) is 49.1 Å². The number of nitrogens with one attached hydrogen (secondary N) is 2. The Hall–Kier alpha value is -3.22. The van der Waals surface area contributed by atoms with E-state index >= 15 is 0 Å². The fourth-order valence-corrected chi connectivity index (χ4v) is 9.65. The first-order chi connectivity index (χ1) is 31.6. The van der Waals surface area contributed by atoms with Gasteiger partial charge in [-0.05, 0) is 38.5 Å². The van der Waals surface area contributed by atoms with Gasteiger partial charge in [-0.25, -0.2) is 19.3 Å². The average Bonchev–Trinajstić information content (AvgIpc) is 3.81. The molecule has 1 aliphatic rings. The second-order valence-corrected chi connectivity index (χ2v) is 21.1. The molecule has 2 amide bonds. The van der Waals surface area contributed by atoms with Gasteiger partial charge in [0.1, 0.15) is 36.3 Å². The number of unbranched alkanes of at least 4 members (excludes halogenated alkanes) is 6. The number of ether oxygens (including phenoxy) is 1. The van der Waals surface area contributed by atoms with E-state index in [1.807, 2.05) is 0 Å². The van der Waals surface area contributed by atoms with E-state index in [1.54, 1.807) is 0 Å². The van der Waals surface area contributed by atoms with Gasteiger partial charge in [-0.15, -0.1) is 0 Å². The Bertz CT molecular complexity index is 2140. The summed E-state index contributed by atoms with van der Waals surface area (Å²) in [6, 6.07) is 0. The number of carbonyl (C=O) groups excluding carboxylic acids is 3. The number of phosphoric ester groups is 3. The van der Waals surface area contributed by atoms with Crippen LogP contribution < -0.4 is 35.9 Å². The van der Waals surface area contributed by atoms with Crippen LogP contribution in [0.25, 0.3) is 11.2 Å². The minimum atomic E-state index is -5.92. The third kappa shape index (κ3) is 21.5. The van der Waals surface area contributed by atoms with Crippen LogP contribution in [0.2, 0.25) is 0 Å². The minimum absolute atomic E-state index is 0.0169. The van der Waals surface area contributed by atoms with Gasteiger partial charge in [-0.3, -0.25) is 28.1 Å². The van der Waals surface area contributed by atoms with E-state index in [2.05, 4.69) is 86.8 Å². The van der Waals surface area contributed by atoms with Gasteiger partial charge >= 0.3 is 0 Å². The van der Waals surface area contributed by atoms with Gasteiger partial charge in [0.15, 0.2) is 22.8 Å². The quantitative estimate of drug-likeness (QED) is 0.0301. The number of nitrogen functional groups attached to an aromatic ring is 1. The third-order valence-electron chi connectivity index (χ3n) is 9.79. The number of aliphatic hydroxyl groups is 2. The van der Waals surface area contributed by atoms with Crippen LogP contribution in [0.5, 0.6) is 0 Å². The van der Waals surface area contributed by atoms with Crippen molar-refractivity contribution in [3.05, 3.63) is 49.1 Å². The summed E-state index contributed by atoms with van der Waals surface area (Å²) in [7, 11) is -17.6. The number of phosphoric acid groups is 3. The zero-order chi connectivity index (χ0) is 49.7. The molecular formula is C39H60N7O17P3S-4. The Morgan fingerprint density at radius 3 is 2.37 bits per heavy atom. The highest BCUT2D eigenvalue weighted by atomic mass is 32.2. The number of nitrogens with zero attached hydrogens (tertiary/aromatic N) is 4. The van der Waals surface area contributed by atoms with Gasteiger partial charge < -0.3 is 69.0 Å². The van der Waals surface area contributed by atoms with Gasteiger partial charge in [-0.2, -0.15) is 0 Å². The molecule has 6 N–H and O–H groups in total. The standard InChI is InChI=1S/C39H64N7O17P3S/c1-4-5-6-7-8-9-10-11-12-13-14-15-16-17-18-19-30(48)67-23-22-41-29(47)20-21-42-37(51)34(50)39(2,3)25-60-66(57,58)63-65(55,56)59-24-28-33(62-64(52,53)54)32(49)38(61-28)46-27-45-31-35(40)43-26-44-36(31)46/h9-12,14-15,26-28,32-34,38,49-50H,4-8,13,16-25H2,1-3H3,(H,41,47)(H,42,51)(H,55,56)(H,57,58)(H2,40,43,44)(H2,52,53,54)/p-4/b10-9+,12-11-,15-14-/t28-,32-,33-,34+,38-/m1/s1. The summed E-state index contributed by atoms with van der Waals surface area (Å²) in [6.07, 6.45) is 15.0. The number of amides is 2. The lowest BCUT2D eigenvalue weighted by molar-refractivity contribution is -0.347. The first-order valence-electron chi connectivity index (χ1n) is 21.5. The largest absolute Gasteiger partial charge is 0.790 e. The van der Waals surface area contributed by atoms with Gasteiger partial charge in [0, 0.05) is 37.1 Å². The summed E-state index contributed by atoms with van der Waals surface area (Å²) in [4.78, 5) is 96.8. The van der Waals surface area contributed by atoms with Crippen LogP contribution in [-0.4, -0.2) is 103 Å². The molecule has 24 nitrogen and oxygen atoms in total. The van der Waals surface area contributed by atoms with Crippen molar-refractivity contribution in [1.82, 2.24) is 30.2 Å². The smallest absolute Gasteiger partial charge is 0.274 e. The maximum absolute atomic E-state index is 12.6. The number of anilines is 1. The van der Waals surface area contributed by atoms with Crippen molar-refractivity contribution in [2.75, 3.05) is 37.8 Å². The number of hydrogen-bond acceptors (Lipinski definition) is 22. The van der Waals surface area contributed by atoms with Gasteiger partial charge in [-0.1, -0.05) is 88.3 Å². The molecule has 28 heteroatoms. The average molecular weight is 1020 g/mol. The number of aliphatic hydroxyl groups excluding tert-OH is 2. The molecule has 1 saturated heterocycles. The van der Waals surface area contributed by atoms with E-state index in [4.69, 9.17) is 10.5 Å². The maximum Gasteiger partial charge on any atom is 0.274 e. The maximum atomic E-state index is 12.6. The zero-order valence-corrected chi connectivity index (χ0v) is 41.0. The second kappa shape index (κ2) is 28.4. The number of fused-ring (bicyclic) bond motifs is 1. The van der Waals surface area contributed by atoms with Crippen molar-refractivity contribution < 1.29 is 80.5 Å². The van der Waals surface area contributed by atoms with Crippen molar-refractivity contribution in [2.24, 2.45) is 5.41 Å². The SMILES string of the molecule is CCCCCC/C=C/C=C\C/C=C\CCCCC(=O)SCCNC(=O)CCNC(=O)[C@H](O)C(C)(C)COP(=O)([O-])OP(=O)([O-])OC[C@H]1O[C@@H](n2cnc3c(N)ncnc32)[C@H](O)[C@@H]1OP(=O)([O-])[O-]. The molecule has 2 unspecified atom stereocenters. The van der Waals surface area contributed by atoms with Gasteiger partial charge in [0.05, 0.1) is 27.4 Å². The van der Waals surface area contributed by atoms with Crippen LogP contribution >= 0.6 is 35.2 Å². The monoisotopic (exact) mass is 1020 g/mol. The normalized spacial score (nSPS) is 20.4. The van der Waals surface area contributed by atoms with E-state index in [9.17, 15) is 57.9 Å². The zero-order valence-electron chi connectivity index (χ0n) is 37.5. The van der Waals surface area contributed by atoms with E-state index in [-0.39, 0.29) is 41.6 Å². The lowest BCUT2D eigenvalue weighted by Crippen LogP contribution is -2.46. The predicted octanol–water partition coefficient (Wildman–Crippen LogP) is 1.73. The summed E-state index contributed by atoms with van der Waals surface area (Å²) >= 11 is 1.11. The Kier molecular flexibility index (Phi) is 24.7. The lowest BCUT2D eigenvalue weighted by atomic mass is 9.87. The topological polar surface area (TPSA) is 375 Å². The lowest BCUT2D eigenvalue weighted by Gasteiger charge is -2.36. The van der Waals surface area contributed by atoms with E-state index in [1.165, 1.54) is 39.5 Å². The summed E-state index contributed by atoms with van der Waals surface area (Å²) in [6.45, 7) is 2.33. The number of nitrogens with two attached hydrogens (primary N) is 1. The van der Waals surface area contributed by atoms with Crippen molar-refractivity contribution in [1.29, 1.82) is 0 Å². The van der Waals surface area contributed by atoms with Crippen LogP contribution in [0.3, 0.4) is 0 Å². The molecule has 0 aliphatic carbocycles. The molecule has 3 rings (SSSR count). The molecule has 3 heterocycles. The number of carbonyl (C=O) groups is 3. The first-order valence-corrected chi connectivity index (χ1v) is 26.9. The molecule has 0 spiro atoms. The number of aromatic nitrogens is 4. The van der Waals surface area contributed by atoms with E-state index in [0.29, 0.717) is 12.2 Å². The number of allylic oxidation sites excluding steroid dienone is 6. The fourth-order valence-electron chi connectivity index (χ4n) is 6.19. The number of thioether (sulfide) groups is 1. The Balaban J connectivity index is 1.32. The highest BCUT2D eigenvalue weighted by molar-refractivity contribution is 8.13. The molecule has 1 aliphatic heterocycles. The molecule has 2 aromatic heterocycles. The van der Waals surface area contributed by atoms with Crippen LogP contribution in [-0.2, 0) is 50.7 Å². The molecule has 7 atom stereocenters. The van der Waals surface area contributed by atoms with E-state index < -0.39 is 84.6 Å². The number of rotatable bonds is 32. The Labute approximate surface area is 393 Å². The minimum Gasteiger partial charge on any atom is -0.790 e. The van der Waals surface area contributed by atoms with Crippen molar-refractivity contribution in [2.45, 2.75) is 122 Å². The number of imidazole rings is 1. The van der Waals surface area contributed by atoms with Gasteiger partial charge in [0.2, 0.25) is 11.8 Å². The first kappa shape index (κ1) is 58.1. The molecule has 0 radical (unpaired) electrons. The summed E-state index contributed by atoms with van der Waals surface area (Å²) in [5, 5.41) is 26.4. The Morgan fingerprint density at radius 2 is 1.64 bits per heavy atom. The third-order valence-corrected chi connectivity index (χ3v) is 13.7. The summed E-state index contributed by atoms with van der Waals surface area (Å²) < 4.78 is 60.8. The molecule has 2 aromatic rings. The molecular weight excluding hydrogens is 963 g/mol. The Morgan fingerprint density at radius 1 is 0.940 bits per heavy atom. The van der Waals surface area contributed by atoms with Crippen molar-refractivity contribution in [3.8, 4) is 0 Å². The van der Waals surface area contributed by atoms with Crippen molar-refractivity contribution >= 4 is 69.1 Å². The molecule has 1 fully saturated rings. The highest BCUT2D eigenvalue weighted by Gasteiger charge is 2.47. The van der Waals surface area contributed by atoms with Crippen LogP contribution in [0.1, 0.15) is 97.6 Å². The van der Waals surface area contributed by atoms with E-state index in [0.717, 1.165) is 61.1 Å². The molecule has 378 valence electrons. The van der Waals surface area contributed by atoms with Crippen molar-refractivity contribution in [3.63, 3.8) is 0 Å². The summed E-state index contributed by atoms with van der Waals surface area (Å²) in [5.74, 6) is -1.18. The molecule has 0 saturated carbocycles. The van der Waals surface area contributed by atoms with Crippen LogP contribution in [0, 0.1) is 5.41 Å². The van der Waals surface area contributed by atoms with Crippen LogP contribution in [0.4, 0.5) is 5.82 Å². The molecule has 67 heavy (non-hydrogen) atoms.